The van der Waals surface area contributed by atoms with Crippen LogP contribution in [0.15, 0.2) is 0 Å². The van der Waals surface area contributed by atoms with Gasteiger partial charge in [0.2, 0.25) is 0 Å². The molecule has 0 aromatic rings. The zero-order chi connectivity index (χ0) is 16.1. The lowest BCUT2D eigenvalue weighted by molar-refractivity contribution is 0.0846. The van der Waals surface area contributed by atoms with Crippen molar-refractivity contribution in [3.63, 3.8) is 0 Å². The van der Waals surface area contributed by atoms with Crippen LogP contribution >= 0.6 is 11.8 Å². The summed E-state index contributed by atoms with van der Waals surface area (Å²) in [6.07, 6.45) is 6.23. The van der Waals surface area contributed by atoms with Crippen LogP contribution in [0.5, 0.6) is 0 Å². The Morgan fingerprint density at radius 1 is 0.955 bits per heavy atom. The van der Waals surface area contributed by atoms with Crippen molar-refractivity contribution >= 4 is 20.6 Å². The Balaban J connectivity index is 2.38. The minimum absolute atomic E-state index is 0.764. The van der Waals surface area contributed by atoms with Crippen molar-refractivity contribution < 1.29 is 13.3 Å². The maximum atomic E-state index is 6.02. The number of hydrogen-bond donors (Lipinski definition) is 0. The Kier molecular flexibility index (Phi) is 11.9. The van der Waals surface area contributed by atoms with Crippen LogP contribution in [0.3, 0.4) is 0 Å². The Morgan fingerprint density at radius 2 is 1.50 bits per heavy atom. The summed E-state index contributed by atoms with van der Waals surface area (Å²) in [5.74, 6) is 2.11. The molecule has 1 saturated heterocycles. The highest BCUT2D eigenvalue weighted by Gasteiger charge is 2.40. The number of unbranched alkanes of at least 4 members (excludes halogenated alkanes) is 2. The van der Waals surface area contributed by atoms with Crippen LogP contribution in [0.4, 0.5) is 0 Å². The molecule has 6 heteroatoms. The van der Waals surface area contributed by atoms with Gasteiger partial charge >= 0.3 is 8.80 Å². The lowest BCUT2D eigenvalue weighted by Crippen LogP contribution is -2.47. The van der Waals surface area contributed by atoms with E-state index in [1.54, 1.807) is 7.11 Å². The molecule has 4 nitrogen and oxygen atoms in total. The van der Waals surface area contributed by atoms with E-state index in [1.807, 2.05) is 11.8 Å². The Hall–Kier alpha value is 0.407. The first-order valence-corrected chi connectivity index (χ1v) is 12.0. The summed E-state index contributed by atoms with van der Waals surface area (Å²) in [5.41, 5.74) is 0. The maximum absolute atomic E-state index is 6.02. The van der Waals surface area contributed by atoms with Crippen molar-refractivity contribution in [2.24, 2.45) is 0 Å². The first kappa shape index (κ1) is 20.5. The summed E-state index contributed by atoms with van der Waals surface area (Å²) < 4.78 is 17.8. The third-order valence-corrected chi connectivity index (χ3v) is 7.81. The van der Waals surface area contributed by atoms with Gasteiger partial charge in [0.1, 0.15) is 0 Å². The van der Waals surface area contributed by atoms with Crippen LogP contribution < -0.4 is 0 Å². The topological polar surface area (TPSA) is 30.9 Å². The van der Waals surface area contributed by atoms with Gasteiger partial charge in [-0.25, -0.2) is 0 Å². The molecule has 0 aromatic carbocycles. The van der Waals surface area contributed by atoms with Gasteiger partial charge in [-0.05, 0) is 38.9 Å². The number of nitrogens with zero attached hydrogens (tertiary/aromatic N) is 1. The highest BCUT2D eigenvalue weighted by molar-refractivity contribution is 7.99. The van der Waals surface area contributed by atoms with Gasteiger partial charge < -0.3 is 18.2 Å². The minimum Gasteiger partial charge on any atom is -0.377 e. The van der Waals surface area contributed by atoms with Crippen LogP contribution in [0, 0.1) is 0 Å². The summed E-state index contributed by atoms with van der Waals surface area (Å²) in [6, 6.07) is 0.947. The third kappa shape index (κ3) is 8.31. The van der Waals surface area contributed by atoms with Gasteiger partial charge in [-0.15, -0.1) is 0 Å². The van der Waals surface area contributed by atoms with E-state index in [0.29, 0.717) is 0 Å². The highest BCUT2D eigenvalue weighted by atomic mass is 32.2. The van der Waals surface area contributed by atoms with Gasteiger partial charge in [0.05, 0.1) is 0 Å². The fraction of sp³-hybridized carbons (Fsp3) is 1.00. The van der Waals surface area contributed by atoms with Crippen LogP contribution in [0.25, 0.3) is 0 Å². The largest absolute Gasteiger partial charge is 0.500 e. The molecule has 0 bridgehead atoms. The molecule has 1 rings (SSSR count). The predicted octanol–water partition coefficient (Wildman–Crippen LogP) is 3.64. The second-order valence-corrected chi connectivity index (χ2v) is 9.93. The van der Waals surface area contributed by atoms with Gasteiger partial charge in [0.15, 0.2) is 0 Å². The molecule has 1 fully saturated rings. The molecule has 22 heavy (non-hydrogen) atoms. The second-order valence-electron chi connectivity index (χ2n) is 5.85. The molecule has 0 aromatic heterocycles. The fourth-order valence-corrected chi connectivity index (χ4v) is 5.77. The lowest BCUT2D eigenvalue weighted by Gasteiger charge is -2.30. The lowest BCUT2D eigenvalue weighted by atomic mass is 10.2. The third-order valence-electron chi connectivity index (χ3n) is 4.02. The molecule has 132 valence electrons. The number of hydrogen-bond acceptors (Lipinski definition) is 5. The monoisotopic (exact) mass is 349 g/mol. The van der Waals surface area contributed by atoms with Gasteiger partial charge in [0.25, 0.3) is 0 Å². The first-order valence-electron chi connectivity index (χ1n) is 8.89. The van der Waals surface area contributed by atoms with E-state index >= 15 is 0 Å². The van der Waals surface area contributed by atoms with E-state index < -0.39 is 8.80 Å². The molecule has 0 spiro atoms. The van der Waals surface area contributed by atoms with E-state index in [9.17, 15) is 0 Å². The Morgan fingerprint density at radius 3 is 2.00 bits per heavy atom. The average molecular weight is 350 g/mol. The molecule has 1 heterocycles. The Bertz CT molecular complexity index is 256. The molecule has 1 aliphatic rings. The summed E-state index contributed by atoms with van der Waals surface area (Å²) in [4.78, 5) is 2.60. The summed E-state index contributed by atoms with van der Waals surface area (Å²) >= 11 is 1.90. The van der Waals surface area contributed by atoms with Crippen LogP contribution in [0.1, 0.15) is 46.0 Å². The van der Waals surface area contributed by atoms with E-state index in [-0.39, 0.29) is 0 Å². The van der Waals surface area contributed by atoms with Gasteiger partial charge in [-0.1, -0.05) is 26.7 Å². The molecular weight excluding hydrogens is 314 g/mol. The van der Waals surface area contributed by atoms with Crippen molar-refractivity contribution in [3.8, 4) is 0 Å². The molecule has 0 amide bonds. The number of thioether (sulfide) groups is 1. The van der Waals surface area contributed by atoms with Crippen molar-refractivity contribution in [2.75, 3.05) is 51.5 Å². The van der Waals surface area contributed by atoms with Crippen molar-refractivity contribution in [2.45, 2.75) is 52.0 Å². The molecule has 0 unspecified atom stereocenters. The molecule has 0 atom stereocenters. The standard InChI is InChI=1S/C16H35NO3SSi/c1-4-6-9-17(10-7-5-2)11-8-16-22(18-3)19-12-14-21-15-13-20-22/h4-16H2,1-3H3. The summed E-state index contributed by atoms with van der Waals surface area (Å²) in [5, 5.41) is 0. The smallest absolute Gasteiger partial charge is 0.377 e. The van der Waals surface area contributed by atoms with Gasteiger partial charge in [-0.2, -0.15) is 11.8 Å². The van der Waals surface area contributed by atoms with E-state index in [4.69, 9.17) is 13.3 Å². The van der Waals surface area contributed by atoms with E-state index in [1.165, 1.54) is 38.8 Å². The van der Waals surface area contributed by atoms with Crippen molar-refractivity contribution in [1.82, 2.24) is 4.90 Å². The van der Waals surface area contributed by atoms with E-state index in [0.717, 1.165) is 43.7 Å². The highest BCUT2D eigenvalue weighted by Crippen LogP contribution is 2.21. The van der Waals surface area contributed by atoms with E-state index in [2.05, 4.69) is 18.7 Å². The van der Waals surface area contributed by atoms with Crippen LogP contribution in [-0.2, 0) is 13.3 Å². The maximum Gasteiger partial charge on any atom is 0.500 e. The van der Waals surface area contributed by atoms with Crippen molar-refractivity contribution in [3.05, 3.63) is 0 Å². The van der Waals surface area contributed by atoms with Crippen molar-refractivity contribution in [1.29, 1.82) is 0 Å². The first-order chi connectivity index (χ1) is 10.8. The fourth-order valence-electron chi connectivity index (χ4n) is 2.64. The molecule has 0 N–H and O–H groups in total. The average Bonchev–Trinajstić information content (AvgIpc) is 2.51. The molecule has 0 aliphatic carbocycles. The zero-order valence-corrected chi connectivity index (χ0v) is 16.6. The molecule has 0 radical (unpaired) electrons. The summed E-state index contributed by atoms with van der Waals surface area (Å²) in [7, 11) is -0.652. The van der Waals surface area contributed by atoms with Gasteiger partial charge in [-0.3, -0.25) is 0 Å². The minimum atomic E-state index is -2.41. The predicted molar refractivity (Wildman–Crippen MR) is 97.7 cm³/mol. The van der Waals surface area contributed by atoms with Crippen LogP contribution in [-0.4, -0.2) is 65.2 Å². The molecule has 0 saturated carbocycles. The quantitative estimate of drug-likeness (QED) is 0.532. The summed E-state index contributed by atoms with van der Waals surface area (Å²) in [6.45, 7) is 9.63. The molecule has 1 aliphatic heterocycles. The normalized spacial score (nSPS) is 19.1. The Labute approximate surface area is 142 Å². The zero-order valence-electron chi connectivity index (χ0n) is 14.8. The second kappa shape index (κ2) is 12.8. The van der Waals surface area contributed by atoms with Gasteiger partial charge in [0, 0.05) is 37.9 Å². The molecular formula is C16H35NO3SSi. The van der Waals surface area contributed by atoms with Crippen LogP contribution in [0.2, 0.25) is 6.04 Å². The SMILES string of the molecule is CCCCN(CCCC)CCC[Si]1(OC)OCCSCCO1. The number of rotatable bonds is 11.